The highest BCUT2D eigenvalue weighted by molar-refractivity contribution is 9.10. The van der Waals surface area contributed by atoms with E-state index in [9.17, 15) is 4.79 Å². The van der Waals surface area contributed by atoms with Gasteiger partial charge in [-0.15, -0.1) is 11.3 Å². The summed E-state index contributed by atoms with van der Waals surface area (Å²) in [5, 5.41) is 0.708. The van der Waals surface area contributed by atoms with Gasteiger partial charge >= 0.3 is 0 Å². The van der Waals surface area contributed by atoms with Crippen LogP contribution in [0.1, 0.15) is 17.6 Å². The Bertz CT molecular complexity index is 833. The number of nitrogens with zero attached hydrogens (tertiary/aromatic N) is 1. The Morgan fingerprint density at radius 3 is 2.65 bits per heavy atom. The number of hydrogen-bond acceptors (Lipinski definition) is 3. The Kier molecular flexibility index (Phi) is 3.48. The lowest BCUT2D eigenvalue weighted by molar-refractivity contribution is 1.07. The van der Waals surface area contributed by atoms with Crippen LogP contribution >= 0.6 is 27.3 Å². The molecule has 5 heteroatoms. The Labute approximate surface area is 128 Å². The predicted molar refractivity (Wildman–Crippen MR) is 87.5 cm³/mol. The van der Waals surface area contributed by atoms with Gasteiger partial charge in [-0.3, -0.25) is 4.79 Å². The van der Waals surface area contributed by atoms with Crippen LogP contribution in [0.2, 0.25) is 0 Å². The molecule has 2 aromatic heterocycles. The van der Waals surface area contributed by atoms with Gasteiger partial charge < -0.3 is 4.98 Å². The zero-order valence-electron chi connectivity index (χ0n) is 11.2. The fourth-order valence-electron chi connectivity index (χ4n) is 2.33. The summed E-state index contributed by atoms with van der Waals surface area (Å²) in [5.41, 5.74) is 2.03. The fraction of sp³-hybridized carbons (Fsp3) is 0.200. The van der Waals surface area contributed by atoms with Crippen molar-refractivity contribution in [1.29, 1.82) is 0 Å². The summed E-state index contributed by atoms with van der Waals surface area (Å²) in [6, 6.07) is 8.05. The van der Waals surface area contributed by atoms with Crippen LogP contribution in [0.5, 0.6) is 0 Å². The third kappa shape index (κ3) is 2.21. The summed E-state index contributed by atoms with van der Waals surface area (Å²) < 4.78 is 1.03. The van der Waals surface area contributed by atoms with Crippen LogP contribution in [0.15, 0.2) is 33.5 Å². The van der Waals surface area contributed by atoms with Crippen molar-refractivity contribution in [2.24, 2.45) is 0 Å². The molecule has 102 valence electrons. The number of fused-ring (bicyclic) bond motifs is 1. The molecule has 1 aromatic carbocycles. The van der Waals surface area contributed by atoms with E-state index in [2.05, 4.69) is 32.8 Å². The van der Waals surface area contributed by atoms with Crippen LogP contribution in [-0.4, -0.2) is 9.97 Å². The minimum absolute atomic E-state index is 0.0543. The molecule has 3 nitrogen and oxygen atoms in total. The predicted octanol–water partition coefficient (Wildman–Crippen LogP) is 4.28. The number of benzene rings is 1. The number of halogens is 1. The van der Waals surface area contributed by atoms with E-state index in [0.29, 0.717) is 11.2 Å². The lowest BCUT2D eigenvalue weighted by Crippen LogP contribution is -2.09. The highest BCUT2D eigenvalue weighted by Gasteiger charge is 2.17. The van der Waals surface area contributed by atoms with Gasteiger partial charge in [-0.1, -0.05) is 35.0 Å². The smallest absolute Gasteiger partial charge is 0.260 e. The van der Waals surface area contributed by atoms with Crippen molar-refractivity contribution in [3.05, 3.63) is 49.8 Å². The van der Waals surface area contributed by atoms with E-state index in [4.69, 9.17) is 0 Å². The number of thiophene rings is 1. The number of aromatic nitrogens is 2. The van der Waals surface area contributed by atoms with Gasteiger partial charge in [0, 0.05) is 14.9 Å². The van der Waals surface area contributed by atoms with Crippen molar-refractivity contribution in [1.82, 2.24) is 9.97 Å². The van der Waals surface area contributed by atoms with Crippen molar-refractivity contribution in [2.75, 3.05) is 0 Å². The molecule has 20 heavy (non-hydrogen) atoms. The molecule has 3 rings (SSSR count). The molecular formula is C15H13BrN2OS. The van der Waals surface area contributed by atoms with Gasteiger partial charge in [0.2, 0.25) is 0 Å². The van der Waals surface area contributed by atoms with E-state index >= 15 is 0 Å². The quantitative estimate of drug-likeness (QED) is 0.750. The standard InChI is InChI=1S/C15H13BrN2OS/c1-3-11-12(9-4-6-10(16)7-5-9)13-14(19)17-8(2)18-15(13)20-11/h4-7H,3H2,1-2H3,(H,17,18,19). The summed E-state index contributed by atoms with van der Waals surface area (Å²) in [5.74, 6) is 0.661. The van der Waals surface area contributed by atoms with E-state index in [1.807, 2.05) is 31.2 Å². The molecule has 0 radical (unpaired) electrons. The molecule has 3 aromatic rings. The Hall–Kier alpha value is -1.46. The second-order valence-corrected chi connectivity index (χ2v) is 6.59. The van der Waals surface area contributed by atoms with Crippen LogP contribution in [0, 0.1) is 6.92 Å². The fourth-order valence-corrected chi connectivity index (χ4v) is 3.78. The topological polar surface area (TPSA) is 45.8 Å². The highest BCUT2D eigenvalue weighted by Crippen LogP contribution is 2.36. The van der Waals surface area contributed by atoms with Gasteiger partial charge in [-0.05, 0) is 31.0 Å². The van der Waals surface area contributed by atoms with Gasteiger partial charge in [0.1, 0.15) is 10.7 Å². The van der Waals surface area contributed by atoms with Gasteiger partial charge in [0.25, 0.3) is 5.56 Å². The number of hydrogen-bond donors (Lipinski definition) is 1. The van der Waals surface area contributed by atoms with Gasteiger partial charge in [-0.2, -0.15) is 0 Å². The van der Waals surface area contributed by atoms with Crippen LogP contribution in [0.4, 0.5) is 0 Å². The SMILES string of the molecule is CCc1sc2nc(C)[nH]c(=O)c2c1-c1ccc(Br)cc1. The molecular weight excluding hydrogens is 336 g/mol. The van der Waals surface area contributed by atoms with E-state index < -0.39 is 0 Å². The molecule has 1 N–H and O–H groups in total. The molecule has 0 aliphatic rings. The largest absolute Gasteiger partial charge is 0.310 e. The van der Waals surface area contributed by atoms with Gasteiger partial charge in [0.15, 0.2) is 0 Å². The average Bonchev–Trinajstić information content (AvgIpc) is 2.78. The minimum Gasteiger partial charge on any atom is -0.310 e. The molecule has 0 aliphatic carbocycles. The van der Waals surface area contributed by atoms with E-state index in [1.54, 1.807) is 11.3 Å². The van der Waals surface area contributed by atoms with E-state index in [0.717, 1.165) is 26.9 Å². The molecule has 0 unspecified atom stereocenters. The van der Waals surface area contributed by atoms with Gasteiger partial charge in [-0.25, -0.2) is 4.98 Å². The number of aromatic amines is 1. The number of H-pyrrole nitrogens is 1. The Morgan fingerprint density at radius 2 is 2.00 bits per heavy atom. The van der Waals surface area contributed by atoms with Crippen molar-refractivity contribution in [3.8, 4) is 11.1 Å². The lowest BCUT2D eigenvalue weighted by Gasteiger charge is -2.03. The normalized spacial score (nSPS) is 11.2. The number of aryl methyl sites for hydroxylation is 2. The Balaban J connectivity index is 2.38. The van der Waals surface area contributed by atoms with Crippen LogP contribution in [0.25, 0.3) is 21.3 Å². The minimum atomic E-state index is -0.0543. The van der Waals surface area contributed by atoms with Crippen molar-refractivity contribution < 1.29 is 0 Å². The first-order valence-corrected chi connectivity index (χ1v) is 7.99. The van der Waals surface area contributed by atoms with E-state index in [1.165, 1.54) is 4.88 Å². The summed E-state index contributed by atoms with van der Waals surface area (Å²) >= 11 is 5.05. The molecule has 0 aliphatic heterocycles. The second-order valence-electron chi connectivity index (χ2n) is 4.59. The van der Waals surface area contributed by atoms with E-state index in [-0.39, 0.29) is 5.56 Å². The van der Waals surface area contributed by atoms with Crippen molar-refractivity contribution >= 4 is 37.5 Å². The molecule has 2 heterocycles. The van der Waals surface area contributed by atoms with Crippen LogP contribution in [0.3, 0.4) is 0 Å². The molecule has 0 spiro atoms. The third-order valence-electron chi connectivity index (χ3n) is 3.21. The molecule has 0 bridgehead atoms. The first kappa shape index (κ1) is 13.5. The Morgan fingerprint density at radius 1 is 1.30 bits per heavy atom. The average molecular weight is 349 g/mol. The summed E-state index contributed by atoms with van der Waals surface area (Å²) in [6.45, 7) is 3.92. The maximum Gasteiger partial charge on any atom is 0.260 e. The highest BCUT2D eigenvalue weighted by atomic mass is 79.9. The van der Waals surface area contributed by atoms with Crippen molar-refractivity contribution in [2.45, 2.75) is 20.3 Å². The van der Waals surface area contributed by atoms with Crippen LogP contribution in [-0.2, 0) is 6.42 Å². The molecule has 0 amide bonds. The maximum absolute atomic E-state index is 12.3. The monoisotopic (exact) mass is 348 g/mol. The summed E-state index contributed by atoms with van der Waals surface area (Å²) in [6.07, 6.45) is 0.894. The molecule has 0 saturated carbocycles. The zero-order valence-corrected chi connectivity index (χ0v) is 13.6. The summed E-state index contributed by atoms with van der Waals surface area (Å²) in [4.78, 5) is 21.6. The van der Waals surface area contributed by atoms with Crippen molar-refractivity contribution in [3.63, 3.8) is 0 Å². The third-order valence-corrected chi connectivity index (χ3v) is 4.96. The first-order chi connectivity index (χ1) is 9.60. The zero-order chi connectivity index (χ0) is 14.3. The number of nitrogens with one attached hydrogen (secondary N) is 1. The number of rotatable bonds is 2. The maximum atomic E-state index is 12.3. The first-order valence-electron chi connectivity index (χ1n) is 6.38. The van der Waals surface area contributed by atoms with Gasteiger partial charge in [0.05, 0.1) is 5.39 Å². The summed E-state index contributed by atoms with van der Waals surface area (Å²) in [7, 11) is 0. The molecule has 0 fully saturated rings. The van der Waals surface area contributed by atoms with Crippen LogP contribution < -0.4 is 5.56 Å². The lowest BCUT2D eigenvalue weighted by atomic mass is 10.0. The second kappa shape index (κ2) is 5.14. The molecule has 0 atom stereocenters. The molecule has 0 saturated heterocycles.